The SMILES string of the molecule is COc1nc(N2CC3CCC(C2)N3C(=O)C2CC2(F)F)c2c(=O)n(C3CC3)c(-c3ccc(F)c4sc(N)c(C#N)c34)c(F)c2n1.FC1CC2CCCN2C1. The van der Waals surface area contributed by atoms with Gasteiger partial charge in [-0.2, -0.15) is 15.2 Å². The fraction of sp³-hybridized carbons (Fsp3) is 0.541. The Bertz CT molecular complexity index is 2300. The molecule has 3 aromatic heterocycles. The van der Waals surface area contributed by atoms with Crippen molar-refractivity contribution in [3.63, 3.8) is 0 Å². The zero-order valence-corrected chi connectivity index (χ0v) is 30.2. The summed E-state index contributed by atoms with van der Waals surface area (Å²) in [5.41, 5.74) is 5.16. The number of piperazine rings is 1. The van der Waals surface area contributed by atoms with Crippen molar-refractivity contribution in [2.75, 3.05) is 43.9 Å². The van der Waals surface area contributed by atoms with Gasteiger partial charge in [0.15, 0.2) is 5.82 Å². The van der Waals surface area contributed by atoms with Gasteiger partial charge in [0.25, 0.3) is 11.5 Å². The Morgan fingerprint density at radius 2 is 1.74 bits per heavy atom. The number of halogens is 5. The van der Waals surface area contributed by atoms with Crippen LogP contribution in [0.3, 0.4) is 0 Å². The Kier molecular flexibility index (Phi) is 8.31. The Balaban J connectivity index is 0.000000372. The van der Waals surface area contributed by atoms with Crippen molar-refractivity contribution in [3.05, 3.63) is 39.7 Å². The number of aromatic nitrogens is 3. The molecular weight excluding hydrogens is 732 g/mol. The summed E-state index contributed by atoms with van der Waals surface area (Å²) in [7, 11) is 1.31. The quantitative estimate of drug-likeness (QED) is 0.251. The summed E-state index contributed by atoms with van der Waals surface area (Å²) in [6.45, 7) is 2.27. The third kappa shape index (κ3) is 5.58. The van der Waals surface area contributed by atoms with E-state index in [-0.39, 0.29) is 85.9 Å². The van der Waals surface area contributed by atoms with Gasteiger partial charge >= 0.3 is 6.01 Å². The van der Waals surface area contributed by atoms with Gasteiger partial charge in [0.05, 0.1) is 23.1 Å². The van der Waals surface area contributed by atoms with Gasteiger partial charge in [-0.1, -0.05) is 0 Å². The van der Waals surface area contributed by atoms with E-state index in [2.05, 4.69) is 14.9 Å². The van der Waals surface area contributed by atoms with Crippen LogP contribution in [-0.4, -0.2) is 93.8 Å². The summed E-state index contributed by atoms with van der Waals surface area (Å²) < 4.78 is 78.7. The van der Waals surface area contributed by atoms with Crippen molar-refractivity contribution in [1.29, 1.82) is 5.26 Å². The second kappa shape index (κ2) is 12.8. The fourth-order valence-electron chi connectivity index (χ4n) is 9.10. The van der Waals surface area contributed by atoms with E-state index < -0.39 is 47.5 Å². The summed E-state index contributed by atoms with van der Waals surface area (Å²) in [5.74, 6) is -6.20. The summed E-state index contributed by atoms with van der Waals surface area (Å²) >= 11 is 0.872. The molecule has 6 aliphatic rings. The molecule has 4 aromatic rings. The largest absolute Gasteiger partial charge is 0.467 e. The van der Waals surface area contributed by atoms with E-state index in [1.807, 2.05) is 6.07 Å². The minimum atomic E-state index is -2.98. The van der Waals surface area contributed by atoms with E-state index in [1.165, 1.54) is 30.6 Å². The van der Waals surface area contributed by atoms with E-state index in [9.17, 15) is 32.4 Å². The summed E-state index contributed by atoms with van der Waals surface area (Å²) in [4.78, 5) is 41.8. The van der Waals surface area contributed by atoms with E-state index >= 15 is 4.39 Å². The molecule has 1 amide bonds. The van der Waals surface area contributed by atoms with Crippen LogP contribution in [-0.2, 0) is 4.79 Å². The van der Waals surface area contributed by atoms with Crippen molar-refractivity contribution >= 4 is 49.1 Å². The van der Waals surface area contributed by atoms with Crippen molar-refractivity contribution in [3.8, 4) is 23.3 Å². The van der Waals surface area contributed by atoms with Crippen LogP contribution in [0.5, 0.6) is 6.01 Å². The minimum Gasteiger partial charge on any atom is -0.467 e. The van der Waals surface area contributed by atoms with Gasteiger partial charge in [-0.05, 0) is 63.6 Å². The molecule has 2 bridgehead atoms. The molecule has 0 radical (unpaired) electrons. The van der Waals surface area contributed by atoms with Gasteiger partial charge < -0.3 is 24.8 Å². The number of nitriles is 1. The molecule has 7 heterocycles. The second-order valence-corrected chi connectivity index (χ2v) is 16.3. The summed E-state index contributed by atoms with van der Waals surface area (Å²) in [6, 6.07) is 3.79. The molecule has 2 aliphatic carbocycles. The first-order valence-electron chi connectivity index (χ1n) is 18.3. The number of thiophene rings is 1. The van der Waals surface area contributed by atoms with E-state index in [1.54, 1.807) is 9.80 Å². The molecule has 4 aliphatic heterocycles. The third-order valence-corrected chi connectivity index (χ3v) is 12.9. The molecule has 11 nitrogen and oxygen atoms in total. The number of rotatable bonds is 5. The highest BCUT2D eigenvalue weighted by molar-refractivity contribution is 7.23. The van der Waals surface area contributed by atoms with E-state index in [0.29, 0.717) is 38.3 Å². The lowest BCUT2D eigenvalue weighted by atomic mass is 10.0. The van der Waals surface area contributed by atoms with Crippen molar-refractivity contribution in [2.24, 2.45) is 5.92 Å². The second-order valence-electron chi connectivity index (χ2n) is 15.3. The number of alkyl halides is 3. The lowest BCUT2D eigenvalue weighted by Gasteiger charge is -2.42. The molecule has 10 rings (SSSR count). The molecule has 54 heavy (non-hydrogen) atoms. The first-order valence-corrected chi connectivity index (χ1v) is 19.2. The zero-order valence-electron chi connectivity index (χ0n) is 29.3. The Labute approximate surface area is 310 Å². The number of nitrogens with zero attached hydrogens (tertiary/aromatic N) is 7. The average molecular weight is 769 g/mol. The van der Waals surface area contributed by atoms with Crippen LogP contribution >= 0.6 is 11.3 Å². The lowest BCUT2D eigenvalue weighted by molar-refractivity contribution is -0.138. The standard InChI is InChI=1S/C30H25F4N7O3S.C7H12FN/c1-44-29-37-22-20(26(38-29)39-10-13-4-5-14(11-39)40(13)27(42)17-8-30(17,33)34)28(43)41(12-2-3-12)23(21(22)32)15-6-7-18(31)24-19(15)16(9-35)25(36)45-24;8-6-4-7-2-1-3-9(7)5-6/h6-7,12-14,17H,2-5,8,10-11,36H2,1H3;6-7H,1-5H2. The number of amides is 1. The predicted molar refractivity (Wildman–Crippen MR) is 192 cm³/mol. The average Bonchev–Trinajstić information content (AvgIpc) is 3.90. The van der Waals surface area contributed by atoms with Gasteiger partial charge in [0.1, 0.15) is 45.7 Å². The number of carbonyl (C=O) groups excluding carboxylic acids is 1. The van der Waals surface area contributed by atoms with Gasteiger partial charge in [-0.15, -0.1) is 11.3 Å². The van der Waals surface area contributed by atoms with Gasteiger partial charge in [-0.25, -0.2) is 22.0 Å². The monoisotopic (exact) mass is 768 g/mol. The molecule has 4 saturated heterocycles. The molecule has 2 N–H and O–H groups in total. The maximum atomic E-state index is 17.0. The first kappa shape index (κ1) is 35.2. The zero-order chi connectivity index (χ0) is 37.8. The Morgan fingerprint density at radius 3 is 2.37 bits per heavy atom. The number of benzene rings is 1. The number of hydrogen-bond acceptors (Lipinski definition) is 10. The summed E-state index contributed by atoms with van der Waals surface area (Å²) in [5, 5.41) is 9.96. The predicted octanol–water partition coefficient (Wildman–Crippen LogP) is 5.78. The molecule has 5 atom stereocenters. The Morgan fingerprint density at radius 1 is 1.04 bits per heavy atom. The molecule has 5 unspecified atom stereocenters. The normalized spacial score (nSPS) is 26.9. The van der Waals surface area contributed by atoms with Gasteiger partial charge in [0, 0.05) is 61.2 Å². The first-order chi connectivity index (χ1) is 25.9. The van der Waals surface area contributed by atoms with Crippen LogP contribution in [0.15, 0.2) is 16.9 Å². The maximum Gasteiger partial charge on any atom is 0.318 e. The number of hydrogen-bond donors (Lipinski definition) is 1. The lowest BCUT2D eigenvalue weighted by Crippen LogP contribution is -2.57. The van der Waals surface area contributed by atoms with Crippen molar-refractivity contribution in [1.82, 2.24) is 24.3 Å². The molecule has 1 aromatic carbocycles. The topological polar surface area (TPSA) is 134 Å². The van der Waals surface area contributed by atoms with E-state index in [0.717, 1.165) is 30.4 Å². The van der Waals surface area contributed by atoms with Crippen molar-refractivity contribution < 1.29 is 31.5 Å². The highest BCUT2D eigenvalue weighted by atomic mass is 32.1. The number of ether oxygens (including phenoxy) is 1. The highest BCUT2D eigenvalue weighted by Gasteiger charge is 2.64. The van der Waals surface area contributed by atoms with Crippen LogP contribution in [0, 0.1) is 28.9 Å². The van der Waals surface area contributed by atoms with Crippen LogP contribution in [0.25, 0.3) is 32.2 Å². The number of nitrogens with two attached hydrogens (primary N) is 1. The molecule has 284 valence electrons. The van der Waals surface area contributed by atoms with Crippen molar-refractivity contribution in [2.45, 2.75) is 87.6 Å². The molecule has 0 spiro atoms. The molecule has 6 fully saturated rings. The number of anilines is 2. The molecule has 2 saturated carbocycles. The van der Waals surface area contributed by atoms with Gasteiger partial charge in [-0.3, -0.25) is 14.5 Å². The van der Waals surface area contributed by atoms with E-state index in [4.69, 9.17) is 10.5 Å². The maximum absolute atomic E-state index is 17.0. The Hall–Kier alpha value is -4.56. The highest BCUT2D eigenvalue weighted by Crippen LogP contribution is 2.51. The van der Waals surface area contributed by atoms with Crippen LogP contribution < -0.4 is 20.9 Å². The molecular formula is C37H37F5N8O3S. The molecule has 17 heteroatoms. The number of methoxy groups -OCH3 is 1. The smallest absolute Gasteiger partial charge is 0.318 e. The number of pyridine rings is 1. The number of nitrogen functional groups attached to an aromatic ring is 1. The van der Waals surface area contributed by atoms with Crippen LogP contribution in [0.4, 0.5) is 32.8 Å². The third-order valence-electron chi connectivity index (χ3n) is 11.9. The number of carbonyl (C=O) groups is 1. The minimum absolute atomic E-state index is 0.00777. The number of fused-ring (bicyclic) bond motifs is 5. The summed E-state index contributed by atoms with van der Waals surface area (Å²) in [6.07, 6.45) is 4.76. The van der Waals surface area contributed by atoms with Gasteiger partial charge in [0.2, 0.25) is 5.91 Å². The van der Waals surface area contributed by atoms with Crippen LogP contribution in [0.1, 0.15) is 63.0 Å². The van der Waals surface area contributed by atoms with Crippen LogP contribution in [0.2, 0.25) is 0 Å². The fourth-order valence-corrected chi connectivity index (χ4v) is 10.0.